The number of nitrogens with one attached hydrogen (secondary N) is 1. The van der Waals surface area contributed by atoms with Gasteiger partial charge in [0.15, 0.2) is 5.16 Å². The van der Waals surface area contributed by atoms with Crippen molar-refractivity contribution in [1.29, 1.82) is 0 Å². The van der Waals surface area contributed by atoms with Gasteiger partial charge in [-0.1, -0.05) is 48.5 Å². The highest BCUT2D eigenvalue weighted by Crippen LogP contribution is 2.25. The minimum Gasteiger partial charge on any atom is -0.366 e. The van der Waals surface area contributed by atoms with E-state index < -0.39 is 5.91 Å². The summed E-state index contributed by atoms with van der Waals surface area (Å²) in [5, 5.41) is 0.802. The number of imidazole rings is 1. The van der Waals surface area contributed by atoms with Gasteiger partial charge >= 0.3 is 0 Å². The standard InChI is InChI=1S/C21H24N4OS/c22-20(26)17-5-4-6-18-19(17)24-21(23-18)27-14-16-9-7-15(8-10-16)13-25-11-2-1-3-12-25/h4-10H,1-3,11-14H2,(H2,22,26)(H,23,24). The van der Waals surface area contributed by atoms with Crippen LogP contribution in [-0.4, -0.2) is 33.9 Å². The number of hydrogen-bond acceptors (Lipinski definition) is 4. The maximum absolute atomic E-state index is 11.5. The average Bonchev–Trinajstić information content (AvgIpc) is 3.11. The number of aromatic amines is 1. The largest absolute Gasteiger partial charge is 0.366 e. The molecule has 3 N–H and O–H groups in total. The molecule has 1 fully saturated rings. The van der Waals surface area contributed by atoms with Gasteiger partial charge in [0.25, 0.3) is 5.91 Å². The number of para-hydroxylation sites is 1. The molecule has 140 valence electrons. The molecule has 0 unspecified atom stereocenters. The number of rotatable bonds is 6. The summed E-state index contributed by atoms with van der Waals surface area (Å²) in [6.45, 7) is 3.49. The molecule has 1 aromatic heterocycles. The van der Waals surface area contributed by atoms with Gasteiger partial charge in [-0.15, -0.1) is 0 Å². The number of hydrogen-bond donors (Lipinski definition) is 2. The molecule has 0 radical (unpaired) electrons. The van der Waals surface area contributed by atoms with Crippen molar-refractivity contribution in [2.75, 3.05) is 13.1 Å². The molecule has 3 aromatic rings. The summed E-state index contributed by atoms with van der Waals surface area (Å²) in [7, 11) is 0. The number of nitrogens with two attached hydrogens (primary N) is 1. The van der Waals surface area contributed by atoms with Gasteiger partial charge < -0.3 is 10.7 Å². The Morgan fingerprint density at radius 2 is 1.81 bits per heavy atom. The summed E-state index contributed by atoms with van der Waals surface area (Å²) < 4.78 is 0. The second-order valence-electron chi connectivity index (χ2n) is 7.05. The molecule has 2 aromatic carbocycles. The third-order valence-corrected chi connectivity index (χ3v) is 5.95. The van der Waals surface area contributed by atoms with Crippen LogP contribution < -0.4 is 5.73 Å². The first-order valence-electron chi connectivity index (χ1n) is 9.40. The fraction of sp³-hybridized carbons (Fsp3) is 0.333. The Kier molecular flexibility index (Phi) is 5.45. The molecular weight excluding hydrogens is 356 g/mol. The molecule has 0 atom stereocenters. The van der Waals surface area contributed by atoms with Gasteiger partial charge in [-0.2, -0.15) is 0 Å². The van der Waals surface area contributed by atoms with E-state index in [0.29, 0.717) is 11.1 Å². The third kappa shape index (κ3) is 4.34. The number of thioether (sulfide) groups is 1. The molecule has 1 amide bonds. The molecule has 1 saturated heterocycles. The monoisotopic (exact) mass is 380 g/mol. The number of H-pyrrole nitrogens is 1. The Bertz CT molecular complexity index is 929. The van der Waals surface area contributed by atoms with Crippen LogP contribution in [0.25, 0.3) is 11.0 Å². The first-order valence-corrected chi connectivity index (χ1v) is 10.4. The third-order valence-electron chi connectivity index (χ3n) is 5.01. The molecule has 4 rings (SSSR count). The maximum atomic E-state index is 11.5. The highest BCUT2D eigenvalue weighted by atomic mass is 32.2. The number of carbonyl (C=O) groups excluding carboxylic acids is 1. The van der Waals surface area contributed by atoms with Crippen molar-refractivity contribution in [2.45, 2.75) is 36.7 Å². The molecule has 1 aliphatic rings. The van der Waals surface area contributed by atoms with Gasteiger partial charge in [-0.3, -0.25) is 9.69 Å². The zero-order chi connectivity index (χ0) is 18.6. The second kappa shape index (κ2) is 8.15. The summed E-state index contributed by atoms with van der Waals surface area (Å²) in [5.41, 5.74) is 10.0. The van der Waals surface area contributed by atoms with Crippen molar-refractivity contribution < 1.29 is 4.79 Å². The first kappa shape index (κ1) is 18.1. The Morgan fingerprint density at radius 3 is 2.56 bits per heavy atom. The molecule has 6 heteroatoms. The summed E-state index contributed by atoms with van der Waals surface area (Å²) in [6.07, 6.45) is 4.02. The lowest BCUT2D eigenvalue weighted by molar-refractivity contribution is 0.100. The molecule has 0 saturated carbocycles. The molecule has 0 bridgehead atoms. The normalized spacial score (nSPS) is 15.3. The van der Waals surface area contributed by atoms with E-state index in [4.69, 9.17) is 5.73 Å². The Hall–Kier alpha value is -2.31. The number of amides is 1. The van der Waals surface area contributed by atoms with Crippen LogP contribution in [0.5, 0.6) is 0 Å². The number of nitrogens with zero attached hydrogens (tertiary/aromatic N) is 2. The Morgan fingerprint density at radius 1 is 1.07 bits per heavy atom. The predicted molar refractivity (Wildman–Crippen MR) is 110 cm³/mol. The van der Waals surface area contributed by atoms with Crippen molar-refractivity contribution in [3.05, 3.63) is 59.2 Å². The molecule has 2 heterocycles. The van der Waals surface area contributed by atoms with E-state index in [0.717, 1.165) is 23.0 Å². The van der Waals surface area contributed by atoms with E-state index in [1.807, 2.05) is 12.1 Å². The average molecular weight is 381 g/mol. The minimum atomic E-state index is -0.451. The van der Waals surface area contributed by atoms with Crippen LogP contribution in [0.15, 0.2) is 47.6 Å². The minimum absolute atomic E-state index is 0.451. The molecular formula is C21H24N4OS. The van der Waals surface area contributed by atoms with E-state index in [-0.39, 0.29) is 0 Å². The predicted octanol–water partition coefficient (Wildman–Crippen LogP) is 3.94. The highest BCUT2D eigenvalue weighted by molar-refractivity contribution is 7.98. The second-order valence-corrected chi connectivity index (χ2v) is 8.01. The van der Waals surface area contributed by atoms with Crippen molar-refractivity contribution in [1.82, 2.24) is 14.9 Å². The lowest BCUT2D eigenvalue weighted by Gasteiger charge is -2.26. The number of fused-ring (bicyclic) bond motifs is 1. The number of carbonyl (C=O) groups is 1. The molecule has 0 aliphatic carbocycles. The van der Waals surface area contributed by atoms with Crippen LogP contribution in [0.1, 0.15) is 40.7 Å². The topological polar surface area (TPSA) is 75.0 Å². The number of primary amides is 1. The maximum Gasteiger partial charge on any atom is 0.250 e. The van der Waals surface area contributed by atoms with Crippen molar-refractivity contribution in [3.8, 4) is 0 Å². The van der Waals surface area contributed by atoms with Gasteiger partial charge in [-0.05, 0) is 49.2 Å². The lowest BCUT2D eigenvalue weighted by atomic mass is 10.1. The van der Waals surface area contributed by atoms with Crippen LogP contribution >= 0.6 is 11.8 Å². The van der Waals surface area contributed by atoms with Crippen LogP contribution in [0.2, 0.25) is 0 Å². The van der Waals surface area contributed by atoms with E-state index in [1.165, 1.54) is 43.5 Å². The SMILES string of the molecule is NC(=O)c1cccc2[nH]c(SCc3ccc(CN4CCCCC4)cc3)nc12. The van der Waals surface area contributed by atoms with Crippen LogP contribution in [0.4, 0.5) is 0 Å². The van der Waals surface area contributed by atoms with Crippen molar-refractivity contribution in [3.63, 3.8) is 0 Å². The van der Waals surface area contributed by atoms with Crippen LogP contribution in [-0.2, 0) is 12.3 Å². The Labute approximate surface area is 163 Å². The van der Waals surface area contributed by atoms with Gasteiger partial charge in [0.1, 0.15) is 5.52 Å². The zero-order valence-corrected chi connectivity index (χ0v) is 16.1. The molecule has 0 spiro atoms. The fourth-order valence-corrected chi connectivity index (χ4v) is 4.38. The molecule has 1 aliphatic heterocycles. The number of benzene rings is 2. The van der Waals surface area contributed by atoms with Gasteiger partial charge in [0.05, 0.1) is 11.1 Å². The van der Waals surface area contributed by atoms with Gasteiger partial charge in [-0.25, -0.2) is 4.98 Å². The number of likely N-dealkylation sites (tertiary alicyclic amines) is 1. The smallest absolute Gasteiger partial charge is 0.250 e. The quantitative estimate of drug-likeness (QED) is 0.635. The van der Waals surface area contributed by atoms with E-state index >= 15 is 0 Å². The number of aromatic nitrogens is 2. The summed E-state index contributed by atoms with van der Waals surface area (Å²) in [4.78, 5) is 21.9. The fourth-order valence-electron chi connectivity index (χ4n) is 3.55. The van der Waals surface area contributed by atoms with Crippen molar-refractivity contribution in [2.24, 2.45) is 5.73 Å². The lowest BCUT2D eigenvalue weighted by Crippen LogP contribution is -2.29. The van der Waals surface area contributed by atoms with E-state index in [2.05, 4.69) is 39.1 Å². The first-order chi connectivity index (χ1) is 13.2. The van der Waals surface area contributed by atoms with Crippen LogP contribution in [0, 0.1) is 0 Å². The number of piperidine rings is 1. The van der Waals surface area contributed by atoms with E-state index in [1.54, 1.807) is 17.8 Å². The Balaban J connectivity index is 1.39. The summed E-state index contributed by atoms with van der Waals surface area (Å²) in [5.74, 6) is 0.378. The zero-order valence-electron chi connectivity index (χ0n) is 15.3. The highest BCUT2D eigenvalue weighted by Gasteiger charge is 2.12. The summed E-state index contributed by atoms with van der Waals surface area (Å²) in [6, 6.07) is 14.3. The molecule has 27 heavy (non-hydrogen) atoms. The van der Waals surface area contributed by atoms with Gasteiger partial charge in [0.2, 0.25) is 0 Å². The molecule has 5 nitrogen and oxygen atoms in total. The van der Waals surface area contributed by atoms with E-state index in [9.17, 15) is 4.79 Å². The van der Waals surface area contributed by atoms with Gasteiger partial charge in [0, 0.05) is 12.3 Å². The van der Waals surface area contributed by atoms with Crippen LogP contribution in [0.3, 0.4) is 0 Å². The van der Waals surface area contributed by atoms with Crippen molar-refractivity contribution >= 4 is 28.7 Å². The summed E-state index contributed by atoms with van der Waals surface area (Å²) >= 11 is 1.63.